The summed E-state index contributed by atoms with van der Waals surface area (Å²) in [5, 5.41) is 184. The van der Waals surface area contributed by atoms with Gasteiger partial charge in [-0.25, -0.2) is 0 Å². The molecule has 512 valence electrons. The van der Waals surface area contributed by atoms with Gasteiger partial charge in [-0.3, -0.25) is 0 Å². The van der Waals surface area contributed by atoms with Crippen LogP contribution in [0.4, 0.5) is 0 Å². The predicted molar refractivity (Wildman–Crippen MR) is 315 cm³/mol. The topological polar surface area (TPSA) is 471 Å². The Morgan fingerprint density at radius 2 is 0.239 bits per heavy atom. The molecule has 0 aliphatic carbocycles. The zero-order valence-electron chi connectivity index (χ0n) is 45.5. The van der Waals surface area contributed by atoms with Crippen LogP contribution in [0.2, 0.25) is 0 Å². The van der Waals surface area contributed by atoms with E-state index >= 15 is 0 Å². The molecule has 30 aliphatic heterocycles. The fraction of sp³-hybridized carbons (Fsp3) is 1.00. The molecule has 40 atom stereocenters. The van der Waals surface area contributed by atoms with E-state index in [0.29, 0.717) is 0 Å². The highest BCUT2D eigenvalue weighted by Crippen LogP contribution is 2.41. The maximum absolute atomic E-state index is 11.6. The maximum atomic E-state index is 11.6. The van der Waals surface area contributed by atoms with Crippen LogP contribution >= 0.6 is 127 Å². The third kappa shape index (κ3) is 15.3. The van der Waals surface area contributed by atoms with Gasteiger partial charge in [0.15, 0.2) is 50.3 Å². The molecule has 30 rings (SSSR count). The molecule has 88 heavy (non-hydrogen) atoms. The van der Waals surface area contributed by atoms with E-state index in [9.17, 15) is 81.7 Å². The van der Waals surface area contributed by atoms with Crippen LogP contribution in [0, 0.1) is 0 Å². The molecule has 0 saturated carbocycles. The van der Waals surface area contributed by atoms with E-state index in [0.717, 1.165) is 0 Å². The van der Waals surface area contributed by atoms with Gasteiger partial charge in [0, 0.05) is 42.6 Å². The monoisotopic (exact) mass is 1790 g/mol. The second-order valence-corrected chi connectivity index (χ2v) is 27.4. The molecule has 30 saturated heterocycles. The Kier molecular flexibility index (Phi) is 27.8. The van der Waals surface area contributed by atoms with Crippen molar-refractivity contribution in [2.75, 3.05) is 42.6 Å². The number of hydrogen-bond acceptors (Lipinski definition) is 32. The Balaban J connectivity index is 0.975. The molecule has 32 nitrogen and oxygen atoms in total. The van der Waals surface area contributed by atoms with Gasteiger partial charge in [-0.15, -0.1) is 0 Å². The molecule has 0 amide bonds. The summed E-state index contributed by atoms with van der Waals surface area (Å²) in [6.45, 7) is 0. The lowest BCUT2D eigenvalue weighted by Gasteiger charge is -2.50. The second-order valence-electron chi connectivity index (χ2n) is 22.2. The smallest absolute Gasteiger partial charge is 0.187 e. The Morgan fingerprint density at radius 1 is 0.148 bits per heavy atom. The van der Waals surface area contributed by atoms with Crippen molar-refractivity contribution in [3.05, 3.63) is 0 Å². The summed E-state index contributed by atoms with van der Waals surface area (Å²) in [7, 11) is 0. The number of ether oxygens (including phenoxy) is 16. The summed E-state index contributed by atoms with van der Waals surface area (Å²) in [6, 6.07) is 0. The third-order valence-electron chi connectivity index (χ3n) is 16.7. The largest absolute Gasteiger partial charge is 0.387 e. The molecule has 0 unspecified atom stereocenters. The summed E-state index contributed by atoms with van der Waals surface area (Å²) in [6.07, 6.45) is -67.7. The average Bonchev–Trinajstić information content (AvgIpc) is 1.09. The standard InChI is InChI=1S/C48H72Br8O32/c49-1-9-33-17(57)25(65)41(73-9)82-34-10(2-50)75-43(27(67)19(34)59)84-36-12(4-52)77-45(29(69)21(36)61)86-38-14(6-54)79-47(31(71)23(38)63)88-40-16(8-56)80-48(32(72)24(40)64)87-39-15(7-55)78-46(30(70)22(39)62)85-37-13(5-53)76-44(28(68)20(37)60)83-35-11(3-51)74-42(81-33)26(66)18(35)58/h9-48,57-72H,1-8H2/t9-,10-,11-,12-,13-,14-,15-,16-,17-,18-,19-,20-,21-,22-,23-,24+,25-,26-,27-,28-,29-,30-,31-,32-,33-,34-,35-,36-,37-,38-,39-,40-,41-,42-,43-,44-,45-,46-,47-,48-/m1/s1. The molecule has 0 aromatic heterocycles. The van der Waals surface area contributed by atoms with Gasteiger partial charge in [0.2, 0.25) is 0 Å². The van der Waals surface area contributed by atoms with Crippen LogP contribution in [0.5, 0.6) is 0 Å². The van der Waals surface area contributed by atoms with E-state index in [-0.39, 0.29) is 42.6 Å². The first-order valence-electron chi connectivity index (χ1n) is 27.7. The molecule has 16 bridgehead atoms. The SMILES string of the molecule is O[C@@H]1[C@@H](O)[C@H]2O[C@H]3[C@H](O)[C@@H](O)[C@@H](O[C@H]4[C@H](O)[C@@H](O)[C@@H](O[C@H]5[C@H](O)[C@@H](O)[C@@H](O[C@H]6[C@@H](O)[C@@H](O)[C@@H](O[C@H]7[C@H](O)[C@@H](O)[C@@H](O[C@H]8[C@H](O)[C@@H](O)[C@@H](O[C@H]9[C@H](O)[C@@H](O)[C@@H](O[C@@H]1[C@@H](CBr)O2)O[C@@H]9CBr)O[C@@H]8CBr)O[C@@H]7CBr)O[C@@H]6CBr)O[C@@H]5CBr)O[C@@H]4CBr)O[C@@H]3CBr. The van der Waals surface area contributed by atoms with Crippen molar-refractivity contribution >= 4 is 127 Å². The highest BCUT2D eigenvalue weighted by molar-refractivity contribution is 9.10. The van der Waals surface area contributed by atoms with Gasteiger partial charge in [-0.1, -0.05) is 127 Å². The summed E-state index contributed by atoms with van der Waals surface area (Å²) < 4.78 is 96.6. The number of aliphatic hydroxyl groups excluding tert-OH is 16. The van der Waals surface area contributed by atoms with Crippen molar-refractivity contribution in [1.29, 1.82) is 0 Å². The minimum absolute atomic E-state index is 0.130. The molecule has 30 heterocycles. The Hall–Kier alpha value is 2.56. The van der Waals surface area contributed by atoms with Gasteiger partial charge in [-0.2, -0.15) is 0 Å². The van der Waals surface area contributed by atoms with Gasteiger partial charge < -0.3 is 157 Å². The van der Waals surface area contributed by atoms with Crippen molar-refractivity contribution < 1.29 is 157 Å². The highest BCUT2D eigenvalue weighted by atomic mass is 79.9. The van der Waals surface area contributed by atoms with Crippen LogP contribution in [0.15, 0.2) is 0 Å². The number of rotatable bonds is 8. The lowest BCUT2D eigenvalue weighted by Crippen LogP contribution is -2.68. The number of halogens is 8. The molecule has 30 fully saturated rings. The first-order chi connectivity index (χ1) is 41.9. The van der Waals surface area contributed by atoms with Gasteiger partial charge in [-0.05, 0) is 0 Å². The maximum Gasteiger partial charge on any atom is 0.187 e. The molecule has 0 aromatic rings. The molecular weight excluding hydrogens is 1730 g/mol. The Morgan fingerprint density at radius 3 is 0.318 bits per heavy atom. The minimum atomic E-state index is -1.99. The van der Waals surface area contributed by atoms with Crippen LogP contribution in [0.25, 0.3) is 0 Å². The highest BCUT2D eigenvalue weighted by Gasteiger charge is 2.60. The summed E-state index contributed by atoms with van der Waals surface area (Å²) >= 11 is 26.4. The summed E-state index contributed by atoms with van der Waals surface area (Å²) in [5.41, 5.74) is 0. The second kappa shape index (κ2) is 32.7. The first-order valence-corrected chi connectivity index (χ1v) is 36.7. The summed E-state index contributed by atoms with van der Waals surface area (Å²) in [5.74, 6) is 0. The van der Waals surface area contributed by atoms with E-state index in [2.05, 4.69) is 127 Å². The van der Waals surface area contributed by atoms with Crippen LogP contribution in [-0.4, -0.2) is 370 Å². The molecular formula is C48H72Br8O32. The van der Waals surface area contributed by atoms with Crippen LogP contribution in [-0.2, 0) is 75.8 Å². The predicted octanol–water partition coefficient (Wildman–Crippen LogP) is -6.19. The molecule has 30 aliphatic rings. The molecule has 0 aromatic carbocycles. The van der Waals surface area contributed by atoms with Crippen molar-refractivity contribution in [3.63, 3.8) is 0 Å². The zero-order valence-corrected chi connectivity index (χ0v) is 58.1. The van der Waals surface area contributed by atoms with Crippen LogP contribution in [0.1, 0.15) is 0 Å². The lowest BCUT2D eigenvalue weighted by atomic mass is 9.95. The fourth-order valence-corrected chi connectivity index (χ4v) is 15.9. The zero-order chi connectivity index (χ0) is 64.1. The van der Waals surface area contributed by atoms with Crippen LogP contribution < -0.4 is 0 Å². The Bertz CT molecular complexity index is 1730. The Labute approximate surface area is 568 Å². The van der Waals surface area contributed by atoms with E-state index in [1.165, 1.54) is 0 Å². The van der Waals surface area contributed by atoms with Gasteiger partial charge in [0.05, 0.1) is 48.8 Å². The normalized spacial score (nSPS) is 55.4. The van der Waals surface area contributed by atoms with E-state index in [1.807, 2.05) is 0 Å². The number of aliphatic hydroxyl groups is 16. The van der Waals surface area contributed by atoms with Gasteiger partial charge >= 0.3 is 0 Å². The summed E-state index contributed by atoms with van der Waals surface area (Å²) in [4.78, 5) is 0. The fourth-order valence-electron chi connectivity index (χ4n) is 11.7. The quantitative estimate of drug-likeness (QED) is 0.101. The van der Waals surface area contributed by atoms with Crippen molar-refractivity contribution in [2.24, 2.45) is 0 Å². The molecule has 0 radical (unpaired) electrons. The molecule has 16 N–H and O–H groups in total. The lowest BCUT2D eigenvalue weighted by molar-refractivity contribution is -0.396. The van der Waals surface area contributed by atoms with Crippen molar-refractivity contribution in [2.45, 2.75) is 246 Å². The molecule has 40 heteroatoms. The third-order valence-corrected chi connectivity index (χ3v) is 21.8. The van der Waals surface area contributed by atoms with E-state index in [1.54, 1.807) is 0 Å². The van der Waals surface area contributed by atoms with Crippen molar-refractivity contribution in [1.82, 2.24) is 0 Å². The van der Waals surface area contributed by atoms with E-state index in [4.69, 9.17) is 75.8 Å². The van der Waals surface area contributed by atoms with Gasteiger partial charge in [0.1, 0.15) is 146 Å². The van der Waals surface area contributed by atoms with E-state index < -0.39 is 246 Å². The van der Waals surface area contributed by atoms with Gasteiger partial charge in [0.25, 0.3) is 0 Å². The number of alkyl halides is 8. The van der Waals surface area contributed by atoms with Crippen molar-refractivity contribution in [3.8, 4) is 0 Å². The minimum Gasteiger partial charge on any atom is -0.387 e. The molecule has 0 spiro atoms. The average molecular weight is 1800 g/mol. The first kappa shape index (κ1) is 74.8. The van der Waals surface area contributed by atoms with Crippen LogP contribution in [0.3, 0.4) is 0 Å². The number of hydrogen-bond donors (Lipinski definition) is 16.